The predicted molar refractivity (Wildman–Crippen MR) is 218 cm³/mol. The van der Waals surface area contributed by atoms with E-state index in [1.165, 1.54) is 11.1 Å². The van der Waals surface area contributed by atoms with Gasteiger partial charge in [0.25, 0.3) is 11.8 Å². The van der Waals surface area contributed by atoms with Crippen molar-refractivity contribution in [1.82, 2.24) is 18.9 Å². The van der Waals surface area contributed by atoms with Crippen molar-refractivity contribution in [2.45, 2.75) is 44.8 Å². The van der Waals surface area contributed by atoms with Crippen molar-refractivity contribution in [3.8, 4) is 22.8 Å². The molecule has 0 spiro atoms. The number of nitrogens with zero attached hydrogens (tertiary/aromatic N) is 5. The Balaban J connectivity index is 1.14. The van der Waals surface area contributed by atoms with Crippen molar-refractivity contribution in [2.24, 2.45) is 7.05 Å². The fourth-order valence-corrected chi connectivity index (χ4v) is 8.87. The van der Waals surface area contributed by atoms with Gasteiger partial charge in [0.15, 0.2) is 0 Å². The number of ether oxygens (including phenoxy) is 2. The highest BCUT2D eigenvalue weighted by Gasteiger charge is 2.35. The van der Waals surface area contributed by atoms with Crippen LogP contribution in [-0.4, -0.2) is 81.9 Å². The van der Waals surface area contributed by atoms with Gasteiger partial charge in [-0.15, -0.1) is 0 Å². The van der Waals surface area contributed by atoms with Crippen LogP contribution in [0.25, 0.3) is 22.2 Å². The average molecular weight is 750 g/mol. The number of carbonyl (C=O) groups is 2. The zero-order chi connectivity index (χ0) is 38.3. The van der Waals surface area contributed by atoms with Crippen LogP contribution in [0, 0.1) is 0 Å². The van der Waals surface area contributed by atoms with Gasteiger partial charge in [-0.3, -0.25) is 19.4 Å². The van der Waals surface area contributed by atoms with E-state index < -0.39 is 0 Å². The lowest BCUT2D eigenvalue weighted by Gasteiger charge is -2.40. The van der Waals surface area contributed by atoms with Crippen LogP contribution in [0.2, 0.25) is 0 Å². The van der Waals surface area contributed by atoms with E-state index in [4.69, 9.17) is 9.47 Å². The molecule has 3 aliphatic rings. The first-order valence-electron chi connectivity index (χ1n) is 19.6. The Kier molecular flexibility index (Phi) is 9.60. The Labute approximate surface area is 327 Å². The smallest absolute Gasteiger partial charge is 0.264 e. The third kappa shape index (κ3) is 6.62. The molecule has 1 saturated heterocycles. The van der Waals surface area contributed by atoms with Gasteiger partial charge in [-0.25, -0.2) is 0 Å². The van der Waals surface area contributed by atoms with Crippen LogP contribution in [0.3, 0.4) is 0 Å². The summed E-state index contributed by atoms with van der Waals surface area (Å²) < 4.78 is 15.7. The number of amides is 2. The molecule has 1 N–H and O–H groups in total. The second-order valence-electron chi connectivity index (χ2n) is 15.2. The molecular weight excluding hydrogens is 703 g/mol. The normalized spacial score (nSPS) is 17.0. The number of phenols is 1. The van der Waals surface area contributed by atoms with Crippen molar-refractivity contribution >= 4 is 34.1 Å². The summed E-state index contributed by atoms with van der Waals surface area (Å²) in [5.74, 6) is 0.572. The Morgan fingerprint density at radius 3 is 2.45 bits per heavy atom. The molecule has 2 aromatic heterocycles. The molecule has 56 heavy (non-hydrogen) atoms. The number of morpholine rings is 1. The van der Waals surface area contributed by atoms with E-state index in [9.17, 15) is 5.11 Å². The maximum atomic E-state index is 15.2. The number of hydrogen-bond donors (Lipinski definition) is 1. The number of carbonyl (C=O) groups excluding carboxylic acids is 2. The van der Waals surface area contributed by atoms with Gasteiger partial charge in [0.2, 0.25) is 0 Å². The lowest BCUT2D eigenvalue weighted by atomic mass is 9.92. The lowest BCUT2D eigenvalue weighted by molar-refractivity contribution is 0.0193. The van der Waals surface area contributed by atoms with Gasteiger partial charge in [-0.1, -0.05) is 24.3 Å². The predicted octanol–water partition coefficient (Wildman–Crippen LogP) is 7.58. The van der Waals surface area contributed by atoms with E-state index in [1.54, 1.807) is 36.3 Å². The van der Waals surface area contributed by atoms with Gasteiger partial charge in [-0.05, 0) is 110 Å². The fourth-order valence-electron chi connectivity index (χ4n) is 8.87. The molecule has 286 valence electrons. The molecule has 0 unspecified atom stereocenters. The highest BCUT2D eigenvalue weighted by Crippen LogP contribution is 2.39. The maximum Gasteiger partial charge on any atom is 0.264 e. The zero-order valence-corrected chi connectivity index (χ0v) is 32.0. The molecule has 3 aliphatic heterocycles. The van der Waals surface area contributed by atoms with Crippen molar-refractivity contribution in [1.29, 1.82) is 0 Å². The second-order valence-corrected chi connectivity index (χ2v) is 15.2. The highest BCUT2D eigenvalue weighted by molar-refractivity contribution is 6.13. The average Bonchev–Trinajstić information content (AvgIpc) is 3.81. The molecule has 4 aromatic carbocycles. The van der Waals surface area contributed by atoms with Crippen LogP contribution < -0.4 is 9.64 Å². The molecule has 5 heterocycles. The standard InChI is InChI=1S/C46H47N5O5/c1-47-20-18-32-26-35(12-17-42(32)47)51(34-10-13-37(52)14-11-34)46(54)41-28-44(49-19-6-5-9-43(41)49)40-27-38(55-2)15-16-39(40)45(53)50-29-33-8-4-3-7-31(33)25-36(50)30-48-21-23-56-24-22-48/h3-4,7-8,10-18,20,26-28,36,52H,5-6,9,19,21-25,29-30H2,1-2H3/t36-/m0/s1. The molecule has 10 heteroatoms. The Bertz CT molecular complexity index is 2420. The molecule has 1 fully saturated rings. The molecule has 0 radical (unpaired) electrons. The first-order valence-corrected chi connectivity index (χ1v) is 19.6. The summed E-state index contributed by atoms with van der Waals surface area (Å²) in [4.78, 5) is 36.5. The van der Waals surface area contributed by atoms with Crippen LogP contribution in [0.15, 0.2) is 103 Å². The molecule has 6 aromatic rings. The minimum Gasteiger partial charge on any atom is -0.508 e. The summed E-state index contributed by atoms with van der Waals surface area (Å²) in [6.07, 6.45) is 5.45. The highest BCUT2D eigenvalue weighted by atomic mass is 16.5. The Hall–Kier alpha value is -5.84. The number of anilines is 2. The van der Waals surface area contributed by atoms with Crippen LogP contribution in [0.1, 0.15) is 50.4 Å². The first kappa shape index (κ1) is 35.8. The number of rotatable bonds is 8. The third-order valence-electron chi connectivity index (χ3n) is 11.8. The quantitative estimate of drug-likeness (QED) is 0.173. The maximum absolute atomic E-state index is 15.2. The summed E-state index contributed by atoms with van der Waals surface area (Å²) in [6, 6.07) is 31.0. The summed E-state index contributed by atoms with van der Waals surface area (Å²) in [7, 11) is 3.65. The number of aromatic nitrogens is 2. The van der Waals surface area contributed by atoms with E-state index in [0.717, 1.165) is 85.4 Å². The van der Waals surface area contributed by atoms with E-state index in [-0.39, 0.29) is 23.6 Å². The Morgan fingerprint density at radius 1 is 0.857 bits per heavy atom. The first-order chi connectivity index (χ1) is 27.4. The van der Waals surface area contributed by atoms with Crippen molar-refractivity contribution in [3.05, 3.63) is 131 Å². The number of benzene rings is 4. The molecule has 2 amide bonds. The van der Waals surface area contributed by atoms with Crippen molar-refractivity contribution < 1.29 is 24.2 Å². The number of hydrogen-bond acceptors (Lipinski definition) is 6. The molecule has 0 bridgehead atoms. The third-order valence-corrected chi connectivity index (χ3v) is 11.8. The van der Waals surface area contributed by atoms with Gasteiger partial charge in [0.1, 0.15) is 11.5 Å². The summed E-state index contributed by atoms with van der Waals surface area (Å²) in [6.45, 7) is 5.13. The second kappa shape index (κ2) is 15.0. The minimum absolute atomic E-state index is 0.00959. The fraction of sp³-hybridized carbons (Fsp3) is 0.304. The van der Waals surface area contributed by atoms with E-state index in [0.29, 0.717) is 42.3 Å². The Morgan fingerprint density at radius 2 is 1.64 bits per heavy atom. The van der Waals surface area contributed by atoms with Crippen LogP contribution in [0.4, 0.5) is 11.4 Å². The molecular formula is C46H47N5O5. The van der Waals surface area contributed by atoms with Gasteiger partial charge >= 0.3 is 0 Å². The molecule has 9 rings (SSSR count). The van der Waals surface area contributed by atoms with Crippen LogP contribution in [0.5, 0.6) is 11.5 Å². The molecule has 0 aliphatic carbocycles. The summed E-state index contributed by atoms with van der Waals surface area (Å²) in [5, 5.41) is 11.2. The number of methoxy groups -OCH3 is 1. The van der Waals surface area contributed by atoms with Gasteiger partial charge in [0, 0.05) is 96.8 Å². The summed E-state index contributed by atoms with van der Waals surface area (Å²) >= 11 is 0. The largest absolute Gasteiger partial charge is 0.508 e. The number of aryl methyl sites for hydroxylation is 1. The van der Waals surface area contributed by atoms with Crippen LogP contribution >= 0.6 is 0 Å². The van der Waals surface area contributed by atoms with Crippen molar-refractivity contribution in [2.75, 3.05) is 44.9 Å². The monoisotopic (exact) mass is 749 g/mol. The van der Waals surface area contributed by atoms with Crippen LogP contribution in [-0.2, 0) is 37.7 Å². The van der Waals surface area contributed by atoms with E-state index in [1.807, 2.05) is 67.8 Å². The van der Waals surface area contributed by atoms with Gasteiger partial charge in [-0.2, -0.15) is 0 Å². The van der Waals surface area contributed by atoms with Gasteiger partial charge in [0.05, 0.1) is 25.9 Å². The topological polar surface area (TPSA) is 92.4 Å². The SMILES string of the molecule is COc1ccc(C(=O)N2Cc3ccccc3C[C@H]2CN2CCOCC2)c(-c2cc(C(=O)N(c3ccc(O)cc3)c3ccc4c(ccn4C)c3)c3n2CCCC3)c1. The van der Waals surface area contributed by atoms with Gasteiger partial charge < -0.3 is 28.6 Å². The molecule has 1 atom stereocenters. The minimum atomic E-state index is -0.170. The molecule has 10 nitrogen and oxygen atoms in total. The molecule has 0 saturated carbocycles. The number of phenolic OH excluding ortho intramolecular Hbond substituents is 1. The number of fused-ring (bicyclic) bond motifs is 3. The van der Waals surface area contributed by atoms with Crippen molar-refractivity contribution in [3.63, 3.8) is 0 Å². The van der Waals surface area contributed by atoms with E-state index in [2.05, 4.69) is 37.1 Å². The summed E-state index contributed by atoms with van der Waals surface area (Å²) in [5.41, 5.74) is 8.63. The zero-order valence-electron chi connectivity index (χ0n) is 32.0. The number of aromatic hydroxyl groups is 1. The van der Waals surface area contributed by atoms with E-state index >= 15 is 9.59 Å². The lowest BCUT2D eigenvalue weighted by Crippen LogP contribution is -2.52.